The summed E-state index contributed by atoms with van der Waals surface area (Å²) >= 11 is 0. The number of aromatic hydroxyl groups is 1. The van der Waals surface area contributed by atoms with E-state index in [1.165, 1.54) is 44.9 Å². The zero-order chi connectivity index (χ0) is 16.1. The first-order valence-electron chi connectivity index (χ1n) is 7.28. The normalized spacial score (nSPS) is 10.3. The van der Waals surface area contributed by atoms with Gasteiger partial charge in [-0.25, -0.2) is 0 Å². The van der Waals surface area contributed by atoms with Gasteiger partial charge in [-0.3, -0.25) is 8.42 Å². The Morgan fingerprint density at radius 2 is 1.41 bits per heavy atom. The van der Waals surface area contributed by atoms with Gasteiger partial charge in [0.1, 0.15) is 5.75 Å². The van der Waals surface area contributed by atoms with Crippen LogP contribution in [0.4, 0.5) is 0 Å². The van der Waals surface area contributed by atoms with Gasteiger partial charge in [0.15, 0.2) is 0 Å². The van der Waals surface area contributed by atoms with Crippen molar-refractivity contribution >= 4 is 10.4 Å². The number of hydrogen-bond donors (Lipinski definition) is 1. The van der Waals surface area contributed by atoms with Crippen molar-refractivity contribution in [1.29, 1.82) is 0 Å². The Bertz CT molecular complexity index is 469. The molecule has 0 saturated carbocycles. The van der Waals surface area contributed by atoms with Crippen molar-refractivity contribution in [1.82, 2.24) is 0 Å². The summed E-state index contributed by atoms with van der Waals surface area (Å²) in [5.41, 5.74) is 1.09. The molecule has 0 fully saturated rings. The fraction of sp³-hybridized carbons (Fsp3) is 0.600. The van der Waals surface area contributed by atoms with Crippen molar-refractivity contribution in [2.75, 3.05) is 0 Å². The van der Waals surface area contributed by atoms with Gasteiger partial charge in [0.25, 0.3) is 0 Å². The molecule has 0 heterocycles. The second kappa shape index (κ2) is 14.0. The van der Waals surface area contributed by atoms with Gasteiger partial charge in [-0.15, -0.1) is 0 Å². The van der Waals surface area contributed by atoms with E-state index in [1.807, 2.05) is 18.2 Å². The molecule has 0 aliphatic carbocycles. The van der Waals surface area contributed by atoms with Crippen LogP contribution < -0.4 is 0 Å². The molecule has 0 aliphatic heterocycles. The number of aryl methyl sites for hydroxylation is 1. The van der Waals surface area contributed by atoms with Crippen LogP contribution in [0.3, 0.4) is 0 Å². The van der Waals surface area contributed by atoms with Crippen molar-refractivity contribution in [2.24, 2.45) is 0 Å². The Morgan fingerprint density at radius 1 is 0.955 bits per heavy atom. The average molecular weight is 380 g/mol. The molecule has 22 heavy (non-hydrogen) atoms. The molecule has 1 N–H and O–H groups in total. The molecular formula is C15H24CuO5S. The Labute approximate surface area is 144 Å². The largest absolute Gasteiger partial charge is 2.00 e. The number of phenols is 1. The zero-order valence-electron chi connectivity index (χ0n) is 12.8. The van der Waals surface area contributed by atoms with Crippen molar-refractivity contribution in [3.05, 3.63) is 29.8 Å². The molecule has 131 valence electrons. The summed E-state index contributed by atoms with van der Waals surface area (Å²) in [6.07, 6.45) is 10.3. The van der Waals surface area contributed by atoms with Crippen LogP contribution in [0.15, 0.2) is 24.3 Å². The van der Waals surface area contributed by atoms with Crippen LogP contribution in [-0.4, -0.2) is 22.6 Å². The number of para-hydroxylation sites is 1. The monoisotopic (exact) mass is 379 g/mol. The van der Waals surface area contributed by atoms with Crippen LogP contribution in [-0.2, 0) is 33.9 Å². The molecule has 0 atom stereocenters. The van der Waals surface area contributed by atoms with E-state index in [-0.39, 0.29) is 17.1 Å². The van der Waals surface area contributed by atoms with Gasteiger partial charge >= 0.3 is 17.1 Å². The quantitative estimate of drug-likeness (QED) is 0.323. The second-order valence-corrected chi connectivity index (χ2v) is 5.72. The van der Waals surface area contributed by atoms with Crippen molar-refractivity contribution in [3.63, 3.8) is 0 Å². The van der Waals surface area contributed by atoms with E-state index < -0.39 is 10.4 Å². The van der Waals surface area contributed by atoms with Gasteiger partial charge in [-0.05, 0) is 24.5 Å². The summed E-state index contributed by atoms with van der Waals surface area (Å²) in [7, 11) is -5.17. The predicted molar refractivity (Wildman–Crippen MR) is 80.3 cm³/mol. The minimum absolute atomic E-state index is 0. The molecule has 0 amide bonds. The molecular weight excluding hydrogens is 356 g/mol. The second-order valence-electron chi connectivity index (χ2n) is 4.91. The molecule has 0 aliphatic rings. The first-order valence-corrected chi connectivity index (χ1v) is 8.61. The van der Waals surface area contributed by atoms with E-state index in [0.29, 0.717) is 5.75 Å². The van der Waals surface area contributed by atoms with Crippen LogP contribution in [0.2, 0.25) is 0 Å². The van der Waals surface area contributed by atoms with E-state index in [9.17, 15) is 5.11 Å². The van der Waals surface area contributed by atoms with Crippen LogP contribution in [0, 0.1) is 0 Å². The maximum Gasteiger partial charge on any atom is 2.00 e. The number of rotatable bonds is 8. The first-order chi connectivity index (χ1) is 9.84. The molecule has 0 saturated heterocycles. The maximum atomic E-state index is 9.58. The Morgan fingerprint density at radius 3 is 1.91 bits per heavy atom. The van der Waals surface area contributed by atoms with Crippen molar-refractivity contribution < 1.29 is 39.7 Å². The predicted octanol–water partition coefficient (Wildman–Crippen LogP) is 3.34. The molecule has 0 spiro atoms. The topological polar surface area (TPSA) is 100 Å². The van der Waals surface area contributed by atoms with Crippen LogP contribution in [0.5, 0.6) is 5.75 Å². The number of benzene rings is 1. The fourth-order valence-corrected chi connectivity index (χ4v) is 1.99. The summed E-state index contributed by atoms with van der Waals surface area (Å²) in [5, 5.41) is 9.58. The molecule has 5 nitrogen and oxygen atoms in total. The molecule has 0 aromatic heterocycles. The van der Waals surface area contributed by atoms with Crippen molar-refractivity contribution in [3.8, 4) is 5.75 Å². The van der Waals surface area contributed by atoms with Gasteiger partial charge in [-0.2, -0.15) is 0 Å². The Hall–Kier alpha value is -0.591. The van der Waals surface area contributed by atoms with Crippen molar-refractivity contribution in [2.45, 2.75) is 58.3 Å². The van der Waals surface area contributed by atoms with Crippen LogP contribution >= 0.6 is 0 Å². The smallest absolute Gasteiger partial charge is 0.759 e. The number of unbranched alkanes of at least 4 members (excludes halogenated alkanes) is 6. The maximum absolute atomic E-state index is 9.58. The van der Waals surface area contributed by atoms with Gasteiger partial charge in [0, 0.05) is 10.4 Å². The van der Waals surface area contributed by atoms with Gasteiger partial charge in [0.05, 0.1) is 0 Å². The average Bonchev–Trinajstić information content (AvgIpc) is 2.38. The molecule has 0 bridgehead atoms. The summed E-state index contributed by atoms with van der Waals surface area (Å²) in [6.45, 7) is 2.25. The summed E-state index contributed by atoms with van der Waals surface area (Å²) in [5.74, 6) is 0.452. The van der Waals surface area contributed by atoms with Gasteiger partial charge < -0.3 is 14.2 Å². The minimum atomic E-state index is -5.17. The van der Waals surface area contributed by atoms with E-state index in [2.05, 4.69) is 6.92 Å². The molecule has 7 heteroatoms. The summed E-state index contributed by atoms with van der Waals surface area (Å²) < 4.78 is 34.1. The third-order valence-electron chi connectivity index (χ3n) is 3.04. The third kappa shape index (κ3) is 17.5. The standard InChI is InChI=1S/C15H24O.Cu.H2O4S/c1-2-3-4-5-6-7-8-11-14-12-9-10-13-15(14)16;;1-5(2,3)4/h9-10,12-13,16H,2-8,11H2,1H3;;(H2,1,2,3,4)/q;+2;/p-2. The summed E-state index contributed by atoms with van der Waals surface area (Å²) in [4.78, 5) is 0. The SMILES string of the molecule is CCCCCCCCCc1ccccc1O.O=S(=O)([O-])[O-].[Cu+2]. The van der Waals surface area contributed by atoms with Crippen LogP contribution in [0.25, 0.3) is 0 Å². The van der Waals surface area contributed by atoms with E-state index in [1.54, 1.807) is 6.07 Å². The zero-order valence-corrected chi connectivity index (χ0v) is 14.5. The van der Waals surface area contributed by atoms with Crippen LogP contribution in [0.1, 0.15) is 57.4 Å². The van der Waals surface area contributed by atoms with E-state index >= 15 is 0 Å². The molecule has 0 unspecified atom stereocenters. The molecule has 1 aromatic carbocycles. The van der Waals surface area contributed by atoms with E-state index in [4.69, 9.17) is 17.5 Å². The molecule has 1 aromatic rings. The summed E-state index contributed by atoms with van der Waals surface area (Å²) in [6, 6.07) is 7.67. The van der Waals surface area contributed by atoms with Gasteiger partial charge in [0.2, 0.25) is 0 Å². The Kier molecular flexibility index (Phi) is 15.1. The Balaban J connectivity index is 0. The molecule has 1 radical (unpaired) electrons. The first kappa shape index (κ1) is 23.7. The third-order valence-corrected chi connectivity index (χ3v) is 3.04. The minimum Gasteiger partial charge on any atom is -0.759 e. The van der Waals surface area contributed by atoms with E-state index in [0.717, 1.165) is 12.0 Å². The molecule has 1 rings (SSSR count). The number of phenolic OH excluding ortho intramolecular Hbond substituents is 1. The fourth-order valence-electron chi connectivity index (χ4n) is 1.99. The number of hydrogen-bond acceptors (Lipinski definition) is 5. The van der Waals surface area contributed by atoms with Gasteiger partial charge in [-0.1, -0.05) is 63.6 Å².